The normalized spacial score (nSPS) is 19.4. The first-order valence-corrected chi connectivity index (χ1v) is 7.37. The second-order valence-corrected chi connectivity index (χ2v) is 5.25. The lowest BCUT2D eigenvalue weighted by molar-refractivity contribution is 0.111. The molecule has 0 amide bonds. The lowest BCUT2D eigenvalue weighted by atomic mass is 9.96. The zero-order valence-electron chi connectivity index (χ0n) is 11.8. The van der Waals surface area contributed by atoms with Gasteiger partial charge in [-0.15, -0.1) is 0 Å². The lowest BCUT2D eigenvalue weighted by Gasteiger charge is -2.17. The number of allylic oxidation sites excluding steroid dienone is 3. The molecule has 1 aromatic rings. The average Bonchev–Trinajstić information content (AvgIpc) is 2.56. The molecule has 0 spiro atoms. The second-order valence-electron chi connectivity index (χ2n) is 5.25. The summed E-state index contributed by atoms with van der Waals surface area (Å²) in [6.45, 7) is 2.70. The lowest BCUT2D eigenvalue weighted by Crippen LogP contribution is -2.16. The second kappa shape index (κ2) is 6.58. The summed E-state index contributed by atoms with van der Waals surface area (Å²) in [5, 5.41) is 3.19. The van der Waals surface area contributed by atoms with Crippen LogP contribution in [0, 0.1) is 0 Å². The first kappa shape index (κ1) is 13.2. The van der Waals surface area contributed by atoms with Crippen molar-refractivity contribution < 1.29 is 4.74 Å². The minimum absolute atomic E-state index is 0.802. The van der Waals surface area contributed by atoms with Gasteiger partial charge in [0.05, 0.1) is 13.2 Å². The van der Waals surface area contributed by atoms with Crippen LogP contribution in [0.25, 0.3) is 0 Å². The number of benzene rings is 1. The fourth-order valence-electron chi connectivity index (χ4n) is 2.72. The average molecular weight is 267 g/mol. The van der Waals surface area contributed by atoms with Gasteiger partial charge in [-0.25, -0.2) is 0 Å². The van der Waals surface area contributed by atoms with E-state index in [0.29, 0.717) is 0 Å². The number of hydrogen-bond donors (Lipinski definition) is 1. The Labute approximate surface area is 120 Å². The van der Waals surface area contributed by atoms with Gasteiger partial charge in [-0.3, -0.25) is 0 Å². The Kier molecular flexibility index (Phi) is 4.34. The third-order valence-electron chi connectivity index (χ3n) is 3.86. The van der Waals surface area contributed by atoms with Crippen LogP contribution < -0.4 is 5.32 Å². The van der Waals surface area contributed by atoms with E-state index in [1.165, 1.54) is 35.1 Å². The van der Waals surface area contributed by atoms with Crippen molar-refractivity contribution in [1.82, 2.24) is 5.32 Å². The van der Waals surface area contributed by atoms with E-state index in [1.807, 2.05) is 6.20 Å². The predicted molar refractivity (Wildman–Crippen MR) is 82.3 cm³/mol. The first-order valence-electron chi connectivity index (χ1n) is 7.37. The molecule has 2 heterocycles. The molecule has 1 N–H and O–H groups in total. The summed E-state index contributed by atoms with van der Waals surface area (Å²) in [5.41, 5.74) is 5.70. The summed E-state index contributed by atoms with van der Waals surface area (Å²) in [6, 6.07) is 8.46. The van der Waals surface area contributed by atoms with Gasteiger partial charge in [0.1, 0.15) is 0 Å². The molecule has 2 heteroatoms. The van der Waals surface area contributed by atoms with Gasteiger partial charge in [0.2, 0.25) is 0 Å². The molecule has 104 valence electrons. The van der Waals surface area contributed by atoms with Crippen LogP contribution in [0.1, 0.15) is 24.0 Å². The highest BCUT2D eigenvalue weighted by molar-refractivity contribution is 5.44. The van der Waals surface area contributed by atoms with Gasteiger partial charge in [-0.2, -0.15) is 0 Å². The number of ether oxygens (including phenoxy) is 1. The van der Waals surface area contributed by atoms with Crippen LogP contribution in [-0.2, 0) is 17.8 Å². The Balaban J connectivity index is 0.000000121. The summed E-state index contributed by atoms with van der Waals surface area (Å²) in [6.07, 6.45) is 12.3. The highest BCUT2D eigenvalue weighted by Crippen LogP contribution is 2.20. The van der Waals surface area contributed by atoms with Gasteiger partial charge in [0.15, 0.2) is 0 Å². The maximum atomic E-state index is 5.30. The standard InChI is InChI=1S/C9H11N.C9H10O/c2*1-2-4-9-7-10-6-5-8(9)3-1/h3-6,10H,1-2,7H2;1-4H,5-7H2. The molecule has 20 heavy (non-hydrogen) atoms. The van der Waals surface area contributed by atoms with Crippen LogP contribution in [0.2, 0.25) is 0 Å². The highest BCUT2D eigenvalue weighted by Gasteiger charge is 2.07. The van der Waals surface area contributed by atoms with Gasteiger partial charge in [-0.05, 0) is 53.8 Å². The van der Waals surface area contributed by atoms with E-state index in [4.69, 9.17) is 4.74 Å². The molecule has 0 bridgehead atoms. The molecule has 1 aromatic carbocycles. The minimum Gasteiger partial charge on any atom is -0.387 e. The predicted octanol–water partition coefficient (Wildman–Crippen LogP) is 3.51. The monoisotopic (exact) mass is 267 g/mol. The van der Waals surface area contributed by atoms with Crippen LogP contribution in [0.3, 0.4) is 0 Å². The van der Waals surface area contributed by atoms with E-state index in [9.17, 15) is 0 Å². The Morgan fingerprint density at radius 3 is 2.70 bits per heavy atom. The van der Waals surface area contributed by atoms with E-state index in [0.717, 1.165) is 26.2 Å². The molecule has 0 radical (unpaired) electrons. The molecule has 4 rings (SSSR count). The maximum Gasteiger partial charge on any atom is 0.0719 e. The van der Waals surface area contributed by atoms with E-state index in [2.05, 4.69) is 47.8 Å². The Hall–Kier alpha value is -1.80. The van der Waals surface area contributed by atoms with Gasteiger partial charge >= 0.3 is 0 Å². The fourth-order valence-corrected chi connectivity index (χ4v) is 2.72. The van der Waals surface area contributed by atoms with Crippen molar-refractivity contribution >= 4 is 0 Å². The van der Waals surface area contributed by atoms with E-state index >= 15 is 0 Å². The van der Waals surface area contributed by atoms with Gasteiger partial charge < -0.3 is 10.1 Å². The van der Waals surface area contributed by atoms with E-state index in [1.54, 1.807) is 0 Å². The van der Waals surface area contributed by atoms with Crippen LogP contribution in [-0.4, -0.2) is 13.2 Å². The van der Waals surface area contributed by atoms with E-state index < -0.39 is 0 Å². The smallest absolute Gasteiger partial charge is 0.0719 e. The summed E-state index contributed by atoms with van der Waals surface area (Å²) in [5.74, 6) is 0. The zero-order chi connectivity index (χ0) is 13.6. The quantitative estimate of drug-likeness (QED) is 0.776. The number of fused-ring (bicyclic) bond motifs is 2. The third kappa shape index (κ3) is 3.20. The summed E-state index contributed by atoms with van der Waals surface area (Å²) >= 11 is 0. The molecule has 0 unspecified atom stereocenters. The molecular weight excluding hydrogens is 246 g/mol. The molecule has 0 fully saturated rings. The molecule has 3 aliphatic rings. The van der Waals surface area contributed by atoms with Crippen molar-refractivity contribution in [3.05, 3.63) is 71.0 Å². The summed E-state index contributed by atoms with van der Waals surface area (Å²) < 4.78 is 5.30. The minimum atomic E-state index is 0.802. The maximum absolute atomic E-state index is 5.30. The molecule has 1 aliphatic carbocycles. The van der Waals surface area contributed by atoms with Gasteiger partial charge in [0.25, 0.3) is 0 Å². The summed E-state index contributed by atoms with van der Waals surface area (Å²) in [4.78, 5) is 0. The molecule has 2 nitrogen and oxygen atoms in total. The van der Waals surface area contributed by atoms with Crippen molar-refractivity contribution in [2.45, 2.75) is 25.9 Å². The van der Waals surface area contributed by atoms with E-state index in [-0.39, 0.29) is 0 Å². The molecule has 2 aliphatic heterocycles. The molecular formula is C18H21NO. The van der Waals surface area contributed by atoms with Crippen molar-refractivity contribution in [3.63, 3.8) is 0 Å². The molecule has 0 atom stereocenters. The van der Waals surface area contributed by atoms with Crippen molar-refractivity contribution in [1.29, 1.82) is 0 Å². The molecule has 0 saturated carbocycles. The molecule has 0 aromatic heterocycles. The largest absolute Gasteiger partial charge is 0.387 e. The van der Waals surface area contributed by atoms with Crippen molar-refractivity contribution in [3.8, 4) is 0 Å². The number of nitrogens with one attached hydrogen (secondary N) is 1. The van der Waals surface area contributed by atoms with Crippen LogP contribution in [0.4, 0.5) is 0 Å². The van der Waals surface area contributed by atoms with Crippen LogP contribution >= 0.6 is 0 Å². The van der Waals surface area contributed by atoms with Crippen molar-refractivity contribution in [2.24, 2.45) is 0 Å². The first-order chi connectivity index (χ1) is 9.93. The van der Waals surface area contributed by atoms with Crippen LogP contribution in [0.15, 0.2) is 59.8 Å². The van der Waals surface area contributed by atoms with Gasteiger partial charge in [-0.1, -0.05) is 36.4 Å². The SMILES string of the molecule is C1=CC2=CCCC=C2CN1.c1ccc2c(c1)CCOC2. The molecule has 0 saturated heterocycles. The Morgan fingerprint density at radius 2 is 1.85 bits per heavy atom. The van der Waals surface area contributed by atoms with Gasteiger partial charge in [0, 0.05) is 6.54 Å². The topological polar surface area (TPSA) is 21.3 Å². The fraction of sp³-hybridized carbons (Fsp3) is 0.333. The highest BCUT2D eigenvalue weighted by atomic mass is 16.5. The van der Waals surface area contributed by atoms with Crippen molar-refractivity contribution in [2.75, 3.05) is 13.2 Å². The Morgan fingerprint density at radius 1 is 1.00 bits per heavy atom. The number of rotatable bonds is 0. The zero-order valence-corrected chi connectivity index (χ0v) is 11.8. The third-order valence-corrected chi connectivity index (χ3v) is 3.86. The Bertz CT molecular complexity index is 529. The summed E-state index contributed by atoms with van der Waals surface area (Å²) in [7, 11) is 0. The van der Waals surface area contributed by atoms with Crippen LogP contribution in [0.5, 0.6) is 0 Å². The number of hydrogen-bond acceptors (Lipinski definition) is 2.